The van der Waals surface area contributed by atoms with Crippen LogP contribution in [0.4, 0.5) is 0 Å². The van der Waals surface area contributed by atoms with Gasteiger partial charge in [-0.1, -0.05) is 87.8 Å². The van der Waals surface area contributed by atoms with Crippen molar-refractivity contribution in [3.8, 4) is 5.75 Å². The van der Waals surface area contributed by atoms with Crippen LogP contribution in [-0.2, 0) is 16.2 Å². The summed E-state index contributed by atoms with van der Waals surface area (Å²) >= 11 is 6.80. The van der Waals surface area contributed by atoms with Gasteiger partial charge in [-0.15, -0.1) is 0 Å². The number of hydrogen-bond acceptors (Lipinski definition) is 4. The third-order valence-electron chi connectivity index (χ3n) is 8.27. The zero-order chi connectivity index (χ0) is 27.5. The molecule has 0 bridgehead atoms. The highest BCUT2D eigenvalue weighted by Gasteiger charge is 2.46. The van der Waals surface area contributed by atoms with E-state index in [0.29, 0.717) is 30.2 Å². The molecule has 0 unspecified atom stereocenters. The van der Waals surface area contributed by atoms with Crippen molar-refractivity contribution in [1.82, 2.24) is 5.32 Å². The zero-order valence-corrected chi connectivity index (χ0v) is 23.7. The van der Waals surface area contributed by atoms with Crippen LogP contribution in [0.15, 0.2) is 83.2 Å². The Morgan fingerprint density at radius 2 is 1.44 bits per heavy atom. The third kappa shape index (κ3) is 4.80. The number of halogens is 1. The summed E-state index contributed by atoms with van der Waals surface area (Å²) in [5.74, 6) is 0.386. The van der Waals surface area contributed by atoms with E-state index in [4.69, 9.17) is 16.3 Å². The Morgan fingerprint density at radius 3 is 2.08 bits per heavy atom. The molecule has 0 atom stereocenters. The number of allylic oxidation sites excluding steroid dienone is 4. The van der Waals surface area contributed by atoms with Crippen molar-refractivity contribution in [1.29, 1.82) is 0 Å². The zero-order valence-electron chi connectivity index (χ0n) is 23.0. The van der Waals surface area contributed by atoms with Crippen molar-refractivity contribution in [3.63, 3.8) is 0 Å². The van der Waals surface area contributed by atoms with Crippen molar-refractivity contribution in [3.05, 3.63) is 99.4 Å². The molecule has 0 saturated carbocycles. The minimum Gasteiger partial charge on any atom is -0.487 e. The van der Waals surface area contributed by atoms with E-state index in [-0.39, 0.29) is 22.4 Å². The minimum absolute atomic E-state index is 0.107. The molecule has 0 saturated heterocycles. The average molecular weight is 540 g/mol. The first-order valence-corrected chi connectivity index (χ1v) is 14.1. The fraction of sp³-hybridized carbons (Fsp3) is 0.353. The lowest BCUT2D eigenvalue weighted by atomic mass is 9.64. The summed E-state index contributed by atoms with van der Waals surface area (Å²) in [5, 5.41) is 6.36. The van der Waals surface area contributed by atoms with Gasteiger partial charge in [0.15, 0.2) is 11.6 Å². The minimum atomic E-state index is -0.409. The van der Waals surface area contributed by atoms with E-state index < -0.39 is 5.92 Å². The summed E-state index contributed by atoms with van der Waals surface area (Å²) < 4.78 is 6.18. The van der Waals surface area contributed by atoms with Crippen LogP contribution in [-0.4, -0.2) is 11.6 Å². The maximum Gasteiger partial charge on any atom is 0.162 e. The molecule has 3 aliphatic rings. The second kappa shape index (κ2) is 9.38. The van der Waals surface area contributed by atoms with Gasteiger partial charge in [0.25, 0.3) is 0 Å². The van der Waals surface area contributed by atoms with Gasteiger partial charge in [-0.05, 0) is 57.7 Å². The van der Waals surface area contributed by atoms with Crippen molar-refractivity contribution in [2.75, 3.05) is 0 Å². The lowest BCUT2D eigenvalue weighted by Crippen LogP contribution is -2.42. The summed E-state index contributed by atoms with van der Waals surface area (Å²) in [6, 6.07) is 20.1. The molecule has 6 rings (SSSR count). The topological polar surface area (TPSA) is 55.4 Å². The van der Waals surface area contributed by atoms with E-state index in [9.17, 15) is 9.59 Å². The van der Waals surface area contributed by atoms with Crippen LogP contribution in [0.5, 0.6) is 5.75 Å². The van der Waals surface area contributed by atoms with Crippen molar-refractivity contribution in [2.24, 2.45) is 10.8 Å². The molecule has 2 aliphatic carbocycles. The van der Waals surface area contributed by atoms with Gasteiger partial charge >= 0.3 is 0 Å². The first-order chi connectivity index (χ1) is 18.5. The molecule has 3 aromatic carbocycles. The monoisotopic (exact) mass is 539 g/mol. The van der Waals surface area contributed by atoms with E-state index in [1.165, 1.54) is 5.39 Å². The Morgan fingerprint density at radius 1 is 0.821 bits per heavy atom. The number of carbonyl (C=O) groups is 2. The lowest BCUT2D eigenvalue weighted by Gasteiger charge is -2.44. The smallest absolute Gasteiger partial charge is 0.162 e. The van der Waals surface area contributed by atoms with Crippen molar-refractivity contribution >= 4 is 33.9 Å². The highest BCUT2D eigenvalue weighted by molar-refractivity contribution is 6.32. The number of ketones is 2. The van der Waals surface area contributed by atoms with Crippen LogP contribution in [0.25, 0.3) is 10.8 Å². The molecule has 1 heterocycles. The van der Waals surface area contributed by atoms with E-state index in [0.717, 1.165) is 51.9 Å². The van der Waals surface area contributed by atoms with Crippen LogP contribution in [0, 0.1) is 10.8 Å². The number of hydrogen-bond donors (Lipinski definition) is 1. The normalized spacial score (nSPS) is 20.5. The Bertz CT molecular complexity index is 1540. The molecule has 200 valence electrons. The summed E-state index contributed by atoms with van der Waals surface area (Å²) in [6.07, 6.45) is 2.48. The van der Waals surface area contributed by atoms with Gasteiger partial charge in [0.2, 0.25) is 0 Å². The molecule has 1 N–H and O–H groups in total. The van der Waals surface area contributed by atoms with Crippen molar-refractivity contribution in [2.45, 2.75) is 65.9 Å². The molecule has 0 aromatic heterocycles. The number of benzene rings is 3. The molecule has 1 aliphatic heterocycles. The number of dihydropyridines is 1. The first-order valence-electron chi connectivity index (χ1n) is 13.7. The van der Waals surface area contributed by atoms with Gasteiger partial charge in [0.1, 0.15) is 12.4 Å². The number of nitrogens with one attached hydrogen (secondary N) is 1. The number of rotatable bonds is 4. The van der Waals surface area contributed by atoms with Crippen LogP contribution >= 0.6 is 11.6 Å². The second-order valence-electron chi connectivity index (χ2n) is 12.8. The van der Waals surface area contributed by atoms with E-state index >= 15 is 0 Å². The maximum atomic E-state index is 13.6. The average Bonchev–Trinajstić information content (AvgIpc) is 2.85. The number of Topliss-reactive ketones (excluding diaryl/α,β-unsaturated/α-hetero) is 2. The highest BCUT2D eigenvalue weighted by atomic mass is 35.5. The summed E-state index contributed by atoms with van der Waals surface area (Å²) in [6.45, 7) is 8.90. The highest BCUT2D eigenvalue weighted by Crippen LogP contribution is 2.51. The lowest BCUT2D eigenvalue weighted by molar-refractivity contribution is -0.119. The predicted octanol–water partition coefficient (Wildman–Crippen LogP) is 8.05. The summed E-state index contributed by atoms with van der Waals surface area (Å²) in [5.41, 5.74) is 5.05. The van der Waals surface area contributed by atoms with E-state index in [2.05, 4.69) is 57.3 Å². The predicted molar refractivity (Wildman–Crippen MR) is 156 cm³/mol. The third-order valence-corrected chi connectivity index (χ3v) is 8.57. The SMILES string of the molecule is CC1(C)CC(=O)C2=C(C1)NC1=C(C(=O)CC(C)(C)C1)C2c1ccc(OCc2cccc3ccccc23)c(Cl)c1. The van der Waals surface area contributed by atoms with Crippen LogP contribution in [0.1, 0.15) is 70.4 Å². The van der Waals surface area contributed by atoms with Crippen molar-refractivity contribution < 1.29 is 14.3 Å². The standard InChI is InChI=1S/C34H34ClNO3/c1-33(2)15-25-31(27(37)17-33)30(32-26(36-25)16-34(3,4)18-28(32)38)21-12-13-29(24(35)14-21)39-19-22-10-7-9-20-8-5-6-11-23(20)22/h5-14,30,36H,15-19H2,1-4H3. The Labute approximate surface area is 235 Å². The summed E-state index contributed by atoms with van der Waals surface area (Å²) in [4.78, 5) is 27.1. The van der Waals surface area contributed by atoms with Gasteiger partial charge in [-0.2, -0.15) is 0 Å². The van der Waals surface area contributed by atoms with E-state index in [1.807, 2.05) is 36.4 Å². The summed E-state index contributed by atoms with van der Waals surface area (Å²) in [7, 11) is 0. The molecule has 0 spiro atoms. The Hall–Kier alpha value is -3.37. The molecule has 5 heteroatoms. The van der Waals surface area contributed by atoms with E-state index in [1.54, 1.807) is 0 Å². The maximum absolute atomic E-state index is 13.6. The Balaban J connectivity index is 1.36. The van der Waals surface area contributed by atoms with Gasteiger partial charge in [0, 0.05) is 41.3 Å². The van der Waals surface area contributed by atoms with Gasteiger partial charge < -0.3 is 10.1 Å². The molecule has 0 radical (unpaired) electrons. The van der Waals surface area contributed by atoms with Crippen LogP contribution in [0.2, 0.25) is 5.02 Å². The number of fused-ring (bicyclic) bond motifs is 1. The first kappa shape index (κ1) is 25.9. The second-order valence-corrected chi connectivity index (χ2v) is 13.2. The molecule has 3 aromatic rings. The fourth-order valence-corrected chi connectivity index (χ4v) is 6.85. The van der Waals surface area contributed by atoms with Gasteiger partial charge in [-0.3, -0.25) is 9.59 Å². The molecular formula is C34H34ClNO3. The van der Waals surface area contributed by atoms with Crippen LogP contribution in [0.3, 0.4) is 0 Å². The molecule has 39 heavy (non-hydrogen) atoms. The van der Waals surface area contributed by atoms with Gasteiger partial charge in [0.05, 0.1) is 5.02 Å². The quantitative estimate of drug-likeness (QED) is 0.364. The van der Waals surface area contributed by atoms with Gasteiger partial charge in [-0.25, -0.2) is 0 Å². The largest absolute Gasteiger partial charge is 0.487 e. The number of carbonyl (C=O) groups excluding carboxylic acids is 2. The number of ether oxygens (including phenoxy) is 1. The molecule has 4 nitrogen and oxygen atoms in total. The molecule has 0 fully saturated rings. The Kier molecular flexibility index (Phi) is 6.22. The fourth-order valence-electron chi connectivity index (χ4n) is 6.61. The van der Waals surface area contributed by atoms with Crippen LogP contribution < -0.4 is 10.1 Å². The molecular weight excluding hydrogens is 506 g/mol. The molecule has 0 amide bonds.